The highest BCUT2D eigenvalue weighted by atomic mass is 35.5. The van der Waals surface area contributed by atoms with E-state index in [2.05, 4.69) is 4.98 Å². The van der Waals surface area contributed by atoms with Gasteiger partial charge in [0.1, 0.15) is 17.5 Å². The molecule has 3 nitrogen and oxygen atoms in total. The van der Waals surface area contributed by atoms with Gasteiger partial charge < -0.3 is 9.15 Å². The number of rotatable bonds is 2. The van der Waals surface area contributed by atoms with Crippen molar-refractivity contribution >= 4 is 22.7 Å². The van der Waals surface area contributed by atoms with Crippen LogP contribution < -0.4 is 4.74 Å². The van der Waals surface area contributed by atoms with Crippen LogP contribution in [0.15, 0.2) is 47.2 Å². The molecule has 0 saturated carbocycles. The van der Waals surface area contributed by atoms with Crippen LogP contribution in [0.1, 0.15) is 0 Å². The van der Waals surface area contributed by atoms with Gasteiger partial charge in [-0.1, -0.05) is 29.8 Å². The predicted octanol–water partition coefficient (Wildman–Crippen LogP) is 4.16. The Kier molecular flexibility index (Phi) is 2.68. The van der Waals surface area contributed by atoms with Gasteiger partial charge in [0.2, 0.25) is 0 Å². The minimum absolute atomic E-state index is 0.559. The molecule has 2 heterocycles. The van der Waals surface area contributed by atoms with Crippen LogP contribution in [-0.2, 0) is 0 Å². The van der Waals surface area contributed by atoms with Crippen molar-refractivity contribution in [2.75, 3.05) is 7.11 Å². The highest BCUT2D eigenvalue weighted by molar-refractivity contribution is 6.31. The third-order valence-corrected chi connectivity index (χ3v) is 2.98. The molecule has 1 aromatic carbocycles. The number of ether oxygens (including phenoxy) is 1. The molecule has 0 atom stereocenters. The van der Waals surface area contributed by atoms with Crippen molar-refractivity contribution in [2.45, 2.75) is 0 Å². The van der Waals surface area contributed by atoms with Crippen molar-refractivity contribution in [1.82, 2.24) is 4.98 Å². The van der Waals surface area contributed by atoms with Crippen molar-refractivity contribution in [3.8, 4) is 16.9 Å². The van der Waals surface area contributed by atoms with Gasteiger partial charge in [0.25, 0.3) is 0 Å². The van der Waals surface area contributed by atoms with Crippen molar-refractivity contribution < 1.29 is 9.15 Å². The molecule has 3 rings (SSSR count). The number of hydrogen-bond donors (Lipinski definition) is 0. The van der Waals surface area contributed by atoms with Crippen LogP contribution in [0.5, 0.6) is 5.75 Å². The second-order valence-corrected chi connectivity index (χ2v) is 4.29. The van der Waals surface area contributed by atoms with E-state index in [1.165, 1.54) is 0 Å². The predicted molar refractivity (Wildman–Crippen MR) is 71.0 cm³/mol. The van der Waals surface area contributed by atoms with Crippen LogP contribution in [0.4, 0.5) is 0 Å². The highest BCUT2D eigenvalue weighted by Gasteiger charge is 2.13. The number of fused-ring (bicyclic) bond motifs is 1. The van der Waals surface area contributed by atoms with Crippen molar-refractivity contribution in [1.29, 1.82) is 0 Å². The second kappa shape index (κ2) is 4.35. The van der Waals surface area contributed by atoms with Gasteiger partial charge in [0, 0.05) is 17.8 Å². The van der Waals surface area contributed by atoms with Crippen molar-refractivity contribution in [3.05, 3.63) is 47.8 Å². The molecule has 0 N–H and O–H groups in total. The van der Waals surface area contributed by atoms with Gasteiger partial charge in [0.05, 0.1) is 17.7 Å². The van der Waals surface area contributed by atoms with Crippen LogP contribution in [0.3, 0.4) is 0 Å². The fourth-order valence-electron chi connectivity index (χ4n) is 1.95. The van der Waals surface area contributed by atoms with Gasteiger partial charge in [-0.05, 0) is 6.07 Å². The number of methoxy groups -OCH3 is 1. The molecule has 0 saturated heterocycles. The first kappa shape index (κ1) is 11.1. The maximum atomic E-state index is 5.89. The summed E-state index contributed by atoms with van der Waals surface area (Å²) in [5.41, 5.74) is 3.31. The number of pyridine rings is 1. The molecular weight excluding hydrogens is 250 g/mol. The number of benzene rings is 1. The van der Waals surface area contributed by atoms with Crippen LogP contribution in [0.2, 0.25) is 5.02 Å². The van der Waals surface area contributed by atoms with E-state index < -0.39 is 0 Å². The second-order valence-electron chi connectivity index (χ2n) is 3.85. The Morgan fingerprint density at radius 2 is 2.06 bits per heavy atom. The lowest BCUT2D eigenvalue weighted by molar-refractivity contribution is 0.416. The molecule has 2 aromatic heterocycles. The van der Waals surface area contributed by atoms with E-state index in [0.717, 1.165) is 22.4 Å². The minimum Gasteiger partial charge on any atom is -0.496 e. The zero-order valence-electron chi connectivity index (χ0n) is 9.68. The average Bonchev–Trinajstić information content (AvgIpc) is 2.81. The lowest BCUT2D eigenvalue weighted by Gasteiger charge is -2.05. The fourth-order valence-corrected chi connectivity index (χ4v) is 2.10. The van der Waals surface area contributed by atoms with E-state index in [0.29, 0.717) is 10.6 Å². The summed E-state index contributed by atoms with van der Waals surface area (Å²) < 4.78 is 10.8. The highest BCUT2D eigenvalue weighted by Crippen LogP contribution is 2.35. The van der Waals surface area contributed by atoms with E-state index in [9.17, 15) is 0 Å². The van der Waals surface area contributed by atoms with Crippen LogP contribution >= 0.6 is 11.6 Å². The molecule has 0 radical (unpaired) electrons. The summed E-state index contributed by atoms with van der Waals surface area (Å²) in [6, 6.07) is 9.51. The Morgan fingerprint density at radius 1 is 1.22 bits per heavy atom. The van der Waals surface area contributed by atoms with Gasteiger partial charge in [-0.15, -0.1) is 0 Å². The number of aromatic nitrogens is 1. The van der Waals surface area contributed by atoms with Gasteiger partial charge in [-0.3, -0.25) is 4.98 Å². The first-order valence-electron chi connectivity index (χ1n) is 5.46. The molecule has 0 bridgehead atoms. The first-order chi connectivity index (χ1) is 8.79. The molecular formula is C14H10ClNO2. The minimum atomic E-state index is 0.559. The molecule has 4 heteroatoms. The lowest BCUT2D eigenvalue weighted by Crippen LogP contribution is -1.87. The number of hydrogen-bond acceptors (Lipinski definition) is 3. The summed E-state index contributed by atoms with van der Waals surface area (Å²) in [5.74, 6) is 0.789. The molecule has 3 aromatic rings. The van der Waals surface area contributed by atoms with E-state index in [4.69, 9.17) is 20.8 Å². The number of nitrogens with zero attached hydrogens (tertiary/aromatic N) is 1. The topological polar surface area (TPSA) is 35.3 Å². The zero-order chi connectivity index (χ0) is 12.5. The first-order valence-corrected chi connectivity index (χ1v) is 5.83. The Balaban J connectivity index is 2.26. The van der Waals surface area contributed by atoms with Crippen molar-refractivity contribution in [2.24, 2.45) is 0 Å². The molecule has 0 unspecified atom stereocenters. The van der Waals surface area contributed by atoms with E-state index in [1.54, 1.807) is 25.6 Å². The van der Waals surface area contributed by atoms with E-state index in [-0.39, 0.29) is 0 Å². The summed E-state index contributed by atoms with van der Waals surface area (Å²) in [4.78, 5) is 4.31. The van der Waals surface area contributed by atoms with Gasteiger partial charge in [-0.25, -0.2) is 0 Å². The number of furan rings is 1. The summed E-state index contributed by atoms with van der Waals surface area (Å²) in [6.45, 7) is 0. The SMILES string of the molecule is COc1ccccc1-c1coc2cc(Cl)cnc12. The zero-order valence-corrected chi connectivity index (χ0v) is 10.4. The maximum absolute atomic E-state index is 5.89. The molecule has 0 fully saturated rings. The quantitative estimate of drug-likeness (QED) is 0.693. The molecule has 0 aliphatic carbocycles. The maximum Gasteiger partial charge on any atom is 0.154 e. The normalized spacial score (nSPS) is 10.8. The summed E-state index contributed by atoms with van der Waals surface area (Å²) >= 11 is 5.89. The van der Waals surface area contributed by atoms with Gasteiger partial charge >= 0.3 is 0 Å². The molecule has 0 aliphatic rings. The summed E-state index contributed by atoms with van der Waals surface area (Å²) in [5, 5.41) is 0.559. The third kappa shape index (κ3) is 1.73. The van der Waals surface area contributed by atoms with Crippen LogP contribution in [0, 0.1) is 0 Å². The van der Waals surface area contributed by atoms with Gasteiger partial charge in [0.15, 0.2) is 5.58 Å². The Morgan fingerprint density at radius 3 is 2.89 bits per heavy atom. The van der Waals surface area contributed by atoms with Crippen molar-refractivity contribution in [3.63, 3.8) is 0 Å². The standard InChI is InChI=1S/C14H10ClNO2/c1-17-12-5-3-2-4-10(12)11-8-18-13-6-9(15)7-16-14(11)13/h2-8H,1H3. The fraction of sp³-hybridized carbons (Fsp3) is 0.0714. The lowest BCUT2D eigenvalue weighted by atomic mass is 10.1. The average molecular weight is 260 g/mol. The number of para-hydroxylation sites is 1. The molecule has 0 amide bonds. The molecule has 0 aliphatic heterocycles. The van der Waals surface area contributed by atoms with Crippen LogP contribution in [0.25, 0.3) is 22.2 Å². The summed E-state index contributed by atoms with van der Waals surface area (Å²) in [6.07, 6.45) is 3.28. The molecule has 90 valence electrons. The molecule has 18 heavy (non-hydrogen) atoms. The Labute approximate surface area is 109 Å². The Bertz CT molecular complexity index is 706. The van der Waals surface area contributed by atoms with Crippen LogP contribution in [-0.4, -0.2) is 12.1 Å². The smallest absolute Gasteiger partial charge is 0.154 e. The largest absolute Gasteiger partial charge is 0.496 e. The molecule has 0 spiro atoms. The monoisotopic (exact) mass is 259 g/mol. The Hall–Kier alpha value is -2.00. The van der Waals surface area contributed by atoms with E-state index >= 15 is 0 Å². The van der Waals surface area contributed by atoms with E-state index in [1.807, 2.05) is 24.3 Å². The van der Waals surface area contributed by atoms with Gasteiger partial charge in [-0.2, -0.15) is 0 Å². The summed E-state index contributed by atoms with van der Waals surface area (Å²) in [7, 11) is 1.64. The third-order valence-electron chi connectivity index (χ3n) is 2.78. The number of halogens is 1.